The summed E-state index contributed by atoms with van der Waals surface area (Å²) < 4.78 is 29.4. The van der Waals surface area contributed by atoms with Crippen molar-refractivity contribution in [3.63, 3.8) is 0 Å². The van der Waals surface area contributed by atoms with Gasteiger partial charge in [-0.25, -0.2) is 8.42 Å². The minimum atomic E-state index is -4.17. The van der Waals surface area contributed by atoms with Gasteiger partial charge in [0.05, 0.1) is 10.6 Å². The number of sulfonamides is 1. The second-order valence-electron chi connectivity index (χ2n) is 11.5. The van der Waals surface area contributed by atoms with Crippen LogP contribution in [0.3, 0.4) is 0 Å². The number of nitrogens with zero attached hydrogens (tertiary/aromatic N) is 2. The Morgan fingerprint density at radius 1 is 0.907 bits per heavy atom. The zero-order valence-electron chi connectivity index (χ0n) is 25.5. The van der Waals surface area contributed by atoms with E-state index >= 15 is 0 Å². The van der Waals surface area contributed by atoms with E-state index in [1.165, 1.54) is 4.90 Å². The van der Waals surface area contributed by atoms with Crippen molar-refractivity contribution in [2.45, 2.75) is 89.7 Å². The molecule has 0 saturated heterocycles. The van der Waals surface area contributed by atoms with E-state index in [0.29, 0.717) is 22.7 Å². The monoisotopic (exact) mass is 623 g/mol. The van der Waals surface area contributed by atoms with E-state index < -0.39 is 28.5 Å². The quantitative estimate of drug-likeness (QED) is 0.257. The van der Waals surface area contributed by atoms with Crippen LogP contribution in [0.25, 0.3) is 0 Å². The van der Waals surface area contributed by atoms with Gasteiger partial charge in [-0.3, -0.25) is 13.9 Å². The van der Waals surface area contributed by atoms with Gasteiger partial charge >= 0.3 is 0 Å². The summed E-state index contributed by atoms with van der Waals surface area (Å²) in [5.74, 6) is -0.678. The molecular weight excluding hydrogens is 582 g/mol. The molecule has 1 aliphatic rings. The van der Waals surface area contributed by atoms with Gasteiger partial charge in [0.25, 0.3) is 10.0 Å². The Kier molecular flexibility index (Phi) is 10.9. The number of rotatable bonds is 11. The fourth-order valence-electron chi connectivity index (χ4n) is 5.56. The maximum atomic E-state index is 14.3. The molecule has 230 valence electrons. The van der Waals surface area contributed by atoms with Crippen molar-refractivity contribution in [3.8, 4) is 0 Å². The zero-order chi connectivity index (χ0) is 31.1. The molecule has 0 aliphatic heterocycles. The molecule has 2 amide bonds. The summed E-state index contributed by atoms with van der Waals surface area (Å²) in [6, 6.07) is 18.6. The number of halogens is 1. The Balaban J connectivity index is 1.73. The number of hydrogen-bond donors (Lipinski definition) is 1. The van der Waals surface area contributed by atoms with Crippen molar-refractivity contribution < 1.29 is 18.0 Å². The summed E-state index contributed by atoms with van der Waals surface area (Å²) in [7, 11) is -4.17. The maximum Gasteiger partial charge on any atom is 0.264 e. The second kappa shape index (κ2) is 14.4. The lowest BCUT2D eigenvalue weighted by Gasteiger charge is -2.34. The lowest BCUT2D eigenvalue weighted by molar-refractivity contribution is -0.140. The smallest absolute Gasteiger partial charge is 0.264 e. The van der Waals surface area contributed by atoms with Crippen molar-refractivity contribution in [3.05, 3.63) is 94.0 Å². The predicted octanol–water partition coefficient (Wildman–Crippen LogP) is 6.72. The van der Waals surface area contributed by atoms with Crippen LogP contribution in [-0.4, -0.2) is 43.8 Å². The highest BCUT2D eigenvalue weighted by atomic mass is 35.5. The minimum Gasteiger partial charge on any atom is -0.352 e. The summed E-state index contributed by atoms with van der Waals surface area (Å²) in [4.78, 5) is 29.6. The SMILES string of the molecule is CCC(C(=O)NC1CCCCC1)N(Cc1ccc(C)cc1)C(=O)CN(c1cc(Cl)ccc1C)S(=O)(=O)c1ccc(C)cc1. The Labute approximate surface area is 261 Å². The maximum absolute atomic E-state index is 14.3. The van der Waals surface area contributed by atoms with Gasteiger partial charge in [0.2, 0.25) is 11.8 Å². The third kappa shape index (κ3) is 8.18. The van der Waals surface area contributed by atoms with Crippen molar-refractivity contribution in [1.82, 2.24) is 10.2 Å². The number of carbonyl (C=O) groups excluding carboxylic acids is 2. The number of benzene rings is 3. The minimum absolute atomic E-state index is 0.0671. The molecule has 0 bridgehead atoms. The summed E-state index contributed by atoms with van der Waals surface area (Å²) in [5, 5.41) is 3.53. The van der Waals surface area contributed by atoms with Gasteiger partial charge in [-0.2, -0.15) is 0 Å². The molecule has 0 radical (unpaired) electrons. The van der Waals surface area contributed by atoms with Crippen LogP contribution < -0.4 is 9.62 Å². The number of amides is 2. The summed E-state index contributed by atoms with van der Waals surface area (Å²) in [5.41, 5.74) is 3.82. The van der Waals surface area contributed by atoms with Crippen molar-refractivity contribution in [2.24, 2.45) is 0 Å². The molecule has 1 unspecified atom stereocenters. The van der Waals surface area contributed by atoms with Crippen molar-refractivity contribution in [1.29, 1.82) is 0 Å². The molecule has 1 fully saturated rings. The lowest BCUT2D eigenvalue weighted by atomic mass is 9.95. The molecule has 4 rings (SSSR count). The van der Waals surface area contributed by atoms with Gasteiger partial charge in [-0.1, -0.05) is 91.4 Å². The highest BCUT2D eigenvalue weighted by Crippen LogP contribution is 2.30. The first-order valence-electron chi connectivity index (χ1n) is 15.0. The first-order valence-corrected chi connectivity index (χ1v) is 16.8. The number of carbonyl (C=O) groups is 2. The highest BCUT2D eigenvalue weighted by molar-refractivity contribution is 7.92. The van der Waals surface area contributed by atoms with Gasteiger partial charge < -0.3 is 10.2 Å². The van der Waals surface area contributed by atoms with Gasteiger partial charge in [0, 0.05) is 17.6 Å². The van der Waals surface area contributed by atoms with E-state index in [1.807, 2.05) is 45.0 Å². The molecule has 9 heteroatoms. The van der Waals surface area contributed by atoms with E-state index in [2.05, 4.69) is 5.32 Å². The van der Waals surface area contributed by atoms with Crippen LogP contribution in [0.1, 0.15) is 67.7 Å². The zero-order valence-corrected chi connectivity index (χ0v) is 27.0. The van der Waals surface area contributed by atoms with Gasteiger partial charge in [0.15, 0.2) is 0 Å². The largest absolute Gasteiger partial charge is 0.352 e. The predicted molar refractivity (Wildman–Crippen MR) is 173 cm³/mol. The molecule has 0 heterocycles. The van der Waals surface area contributed by atoms with E-state index in [1.54, 1.807) is 49.4 Å². The number of nitrogens with one attached hydrogen (secondary N) is 1. The Bertz CT molecular complexity index is 1520. The van der Waals surface area contributed by atoms with E-state index in [4.69, 9.17) is 11.6 Å². The second-order valence-corrected chi connectivity index (χ2v) is 13.8. The van der Waals surface area contributed by atoms with Crippen LogP contribution in [0.5, 0.6) is 0 Å². The van der Waals surface area contributed by atoms with Crippen LogP contribution >= 0.6 is 11.6 Å². The standard InChI is InChI=1S/C34H42ClN3O4S/c1-5-31(34(40)36-29-9-7-6-8-10-29)37(22-27-16-11-24(2)12-17-27)33(39)23-38(32-21-28(35)18-15-26(32)4)43(41,42)30-19-13-25(3)14-20-30/h11-21,29,31H,5-10,22-23H2,1-4H3,(H,36,40). The molecule has 0 aromatic heterocycles. The molecular formula is C34H42ClN3O4S. The van der Waals surface area contributed by atoms with Crippen LogP contribution in [0.2, 0.25) is 5.02 Å². The third-order valence-corrected chi connectivity index (χ3v) is 10.1. The Morgan fingerprint density at radius 2 is 1.51 bits per heavy atom. The molecule has 1 N–H and O–H groups in total. The van der Waals surface area contributed by atoms with Crippen LogP contribution in [-0.2, 0) is 26.2 Å². The summed E-state index contributed by atoms with van der Waals surface area (Å²) >= 11 is 6.33. The molecule has 7 nitrogen and oxygen atoms in total. The summed E-state index contributed by atoms with van der Waals surface area (Å²) in [6.07, 6.45) is 5.53. The average molecular weight is 624 g/mol. The third-order valence-electron chi connectivity index (χ3n) is 8.14. The van der Waals surface area contributed by atoms with E-state index in [-0.39, 0.29) is 23.4 Å². The lowest BCUT2D eigenvalue weighted by Crippen LogP contribution is -2.54. The molecule has 1 aliphatic carbocycles. The molecule has 3 aromatic carbocycles. The van der Waals surface area contributed by atoms with Gasteiger partial charge in [-0.05, 0) is 75.4 Å². The Morgan fingerprint density at radius 3 is 2.12 bits per heavy atom. The van der Waals surface area contributed by atoms with E-state index in [9.17, 15) is 18.0 Å². The fourth-order valence-corrected chi connectivity index (χ4v) is 7.19. The van der Waals surface area contributed by atoms with Crippen LogP contribution in [0, 0.1) is 20.8 Å². The molecule has 1 atom stereocenters. The van der Waals surface area contributed by atoms with Crippen molar-refractivity contribution >= 4 is 39.1 Å². The number of hydrogen-bond acceptors (Lipinski definition) is 4. The topological polar surface area (TPSA) is 86.8 Å². The van der Waals surface area contributed by atoms with Gasteiger partial charge in [-0.15, -0.1) is 0 Å². The van der Waals surface area contributed by atoms with Crippen LogP contribution in [0.4, 0.5) is 5.69 Å². The molecule has 3 aromatic rings. The summed E-state index contributed by atoms with van der Waals surface area (Å²) in [6.45, 7) is 7.21. The molecule has 0 spiro atoms. The van der Waals surface area contributed by atoms with E-state index in [0.717, 1.165) is 53.1 Å². The average Bonchev–Trinajstić information content (AvgIpc) is 2.98. The Hall–Kier alpha value is -3.36. The molecule has 43 heavy (non-hydrogen) atoms. The van der Waals surface area contributed by atoms with Crippen molar-refractivity contribution in [2.75, 3.05) is 10.8 Å². The fraction of sp³-hybridized carbons (Fsp3) is 0.412. The normalized spacial score (nSPS) is 14.6. The number of anilines is 1. The number of aryl methyl sites for hydroxylation is 3. The molecule has 1 saturated carbocycles. The highest BCUT2D eigenvalue weighted by Gasteiger charge is 2.35. The van der Waals surface area contributed by atoms with Crippen LogP contribution in [0.15, 0.2) is 71.6 Å². The first-order chi connectivity index (χ1) is 20.5. The van der Waals surface area contributed by atoms with Gasteiger partial charge in [0.1, 0.15) is 12.6 Å². The first kappa shape index (κ1) is 32.6.